The molecule has 124 valence electrons. The highest BCUT2D eigenvalue weighted by molar-refractivity contribution is 5.32. The van der Waals surface area contributed by atoms with Gasteiger partial charge in [0.1, 0.15) is 0 Å². The first-order valence-corrected chi connectivity index (χ1v) is 7.70. The molecule has 0 saturated heterocycles. The van der Waals surface area contributed by atoms with Crippen molar-refractivity contribution in [1.29, 1.82) is 0 Å². The fourth-order valence-corrected chi connectivity index (χ4v) is 2.45. The summed E-state index contributed by atoms with van der Waals surface area (Å²) < 4.78 is 32.8. The van der Waals surface area contributed by atoms with E-state index in [0.29, 0.717) is 18.7 Å². The average Bonchev–Trinajstić information content (AvgIpc) is 2.57. The first-order chi connectivity index (χ1) is 11.1. The summed E-state index contributed by atoms with van der Waals surface area (Å²) in [5, 5.41) is 0. The second kappa shape index (κ2) is 8.02. The van der Waals surface area contributed by atoms with Crippen LogP contribution in [0.25, 0.3) is 0 Å². The van der Waals surface area contributed by atoms with Crippen LogP contribution in [0, 0.1) is 11.6 Å². The standard InChI is InChI=1S/C18H22F2N2O/c1-4-13(2)22(11-14-6-5-9-21-10-14)12-15-7-8-16(19)18(23-3)17(15)20/h5-10,13H,4,11-12H2,1-3H3. The van der Waals surface area contributed by atoms with E-state index in [-0.39, 0.29) is 11.8 Å². The van der Waals surface area contributed by atoms with E-state index in [1.807, 2.05) is 12.1 Å². The van der Waals surface area contributed by atoms with Gasteiger partial charge >= 0.3 is 0 Å². The van der Waals surface area contributed by atoms with Crippen LogP contribution in [-0.4, -0.2) is 23.0 Å². The molecule has 2 aromatic rings. The van der Waals surface area contributed by atoms with Crippen molar-refractivity contribution in [2.75, 3.05) is 7.11 Å². The van der Waals surface area contributed by atoms with E-state index in [9.17, 15) is 8.78 Å². The minimum Gasteiger partial charge on any atom is -0.491 e. The first-order valence-electron chi connectivity index (χ1n) is 7.70. The van der Waals surface area contributed by atoms with Gasteiger partial charge in [0.2, 0.25) is 0 Å². The summed E-state index contributed by atoms with van der Waals surface area (Å²) in [6, 6.07) is 6.85. The lowest BCUT2D eigenvalue weighted by Crippen LogP contribution is -2.32. The molecule has 1 atom stereocenters. The average molecular weight is 320 g/mol. The zero-order chi connectivity index (χ0) is 16.8. The molecule has 0 aliphatic rings. The summed E-state index contributed by atoms with van der Waals surface area (Å²) in [6.07, 6.45) is 4.46. The van der Waals surface area contributed by atoms with E-state index >= 15 is 0 Å². The first kappa shape index (κ1) is 17.3. The van der Waals surface area contributed by atoms with Crippen molar-refractivity contribution in [2.45, 2.75) is 39.4 Å². The Morgan fingerprint density at radius 1 is 1.22 bits per heavy atom. The molecule has 0 spiro atoms. The van der Waals surface area contributed by atoms with Crippen LogP contribution in [-0.2, 0) is 13.1 Å². The van der Waals surface area contributed by atoms with Crippen LogP contribution in [0.3, 0.4) is 0 Å². The Morgan fingerprint density at radius 3 is 2.61 bits per heavy atom. The van der Waals surface area contributed by atoms with Crippen LogP contribution >= 0.6 is 0 Å². The van der Waals surface area contributed by atoms with Gasteiger partial charge < -0.3 is 4.74 Å². The number of nitrogens with zero attached hydrogens (tertiary/aromatic N) is 2. The Morgan fingerprint density at radius 2 is 2.00 bits per heavy atom. The van der Waals surface area contributed by atoms with Gasteiger partial charge in [-0.25, -0.2) is 8.78 Å². The zero-order valence-electron chi connectivity index (χ0n) is 13.7. The van der Waals surface area contributed by atoms with E-state index < -0.39 is 11.6 Å². The zero-order valence-corrected chi connectivity index (χ0v) is 13.7. The monoisotopic (exact) mass is 320 g/mol. The third-order valence-electron chi connectivity index (χ3n) is 4.03. The van der Waals surface area contributed by atoms with Crippen molar-refractivity contribution in [3.63, 3.8) is 0 Å². The molecular weight excluding hydrogens is 298 g/mol. The number of benzene rings is 1. The molecule has 0 radical (unpaired) electrons. The minimum absolute atomic E-state index is 0.255. The number of ether oxygens (including phenoxy) is 1. The van der Waals surface area contributed by atoms with Crippen LogP contribution in [0.2, 0.25) is 0 Å². The number of rotatable bonds is 7. The van der Waals surface area contributed by atoms with Crippen molar-refractivity contribution in [3.8, 4) is 5.75 Å². The molecule has 0 bridgehead atoms. The largest absolute Gasteiger partial charge is 0.491 e. The lowest BCUT2D eigenvalue weighted by molar-refractivity contribution is 0.182. The maximum absolute atomic E-state index is 14.4. The second-order valence-electron chi connectivity index (χ2n) is 5.58. The molecule has 0 saturated carbocycles. The van der Waals surface area contributed by atoms with Gasteiger partial charge in [-0.15, -0.1) is 0 Å². The van der Waals surface area contributed by atoms with Crippen molar-refractivity contribution in [3.05, 3.63) is 59.4 Å². The van der Waals surface area contributed by atoms with Gasteiger partial charge in [-0.3, -0.25) is 9.88 Å². The van der Waals surface area contributed by atoms with Gasteiger partial charge in [-0.1, -0.05) is 19.1 Å². The van der Waals surface area contributed by atoms with E-state index in [0.717, 1.165) is 12.0 Å². The lowest BCUT2D eigenvalue weighted by Gasteiger charge is -2.28. The summed E-state index contributed by atoms with van der Waals surface area (Å²) in [6.45, 7) is 5.21. The van der Waals surface area contributed by atoms with Gasteiger partial charge in [0.25, 0.3) is 0 Å². The predicted molar refractivity (Wildman–Crippen MR) is 86.1 cm³/mol. The van der Waals surface area contributed by atoms with Crippen LogP contribution in [0.5, 0.6) is 5.75 Å². The van der Waals surface area contributed by atoms with Crippen molar-refractivity contribution in [2.24, 2.45) is 0 Å². The molecule has 1 heterocycles. The molecule has 0 N–H and O–H groups in total. The summed E-state index contributed by atoms with van der Waals surface area (Å²) in [4.78, 5) is 6.26. The Hall–Kier alpha value is -2.01. The summed E-state index contributed by atoms with van der Waals surface area (Å²) in [5.41, 5.74) is 1.48. The van der Waals surface area contributed by atoms with E-state index in [2.05, 4.69) is 23.7 Å². The molecule has 1 aromatic carbocycles. The Labute approximate surface area is 135 Å². The van der Waals surface area contributed by atoms with Crippen LogP contribution in [0.15, 0.2) is 36.7 Å². The highest BCUT2D eigenvalue weighted by Gasteiger charge is 2.19. The number of hydrogen-bond acceptors (Lipinski definition) is 3. The van der Waals surface area contributed by atoms with E-state index in [4.69, 9.17) is 4.74 Å². The highest BCUT2D eigenvalue weighted by atomic mass is 19.1. The normalized spacial score (nSPS) is 12.4. The van der Waals surface area contributed by atoms with Crippen LogP contribution < -0.4 is 4.74 Å². The molecule has 0 aliphatic carbocycles. The molecule has 0 aliphatic heterocycles. The molecular formula is C18H22F2N2O. The smallest absolute Gasteiger partial charge is 0.190 e. The molecule has 1 unspecified atom stereocenters. The molecule has 1 aromatic heterocycles. The number of pyridine rings is 1. The van der Waals surface area contributed by atoms with Crippen LogP contribution in [0.1, 0.15) is 31.4 Å². The highest BCUT2D eigenvalue weighted by Crippen LogP contribution is 2.26. The van der Waals surface area contributed by atoms with Gasteiger partial charge in [0.15, 0.2) is 17.4 Å². The van der Waals surface area contributed by atoms with Crippen LogP contribution in [0.4, 0.5) is 8.78 Å². The molecule has 0 fully saturated rings. The fourth-order valence-electron chi connectivity index (χ4n) is 2.45. The SMILES string of the molecule is CCC(C)N(Cc1cccnc1)Cc1ccc(F)c(OC)c1F. The third kappa shape index (κ3) is 4.26. The Kier molecular flexibility index (Phi) is 6.04. The van der Waals surface area contributed by atoms with E-state index in [1.165, 1.54) is 19.2 Å². The number of halogens is 2. The maximum Gasteiger partial charge on any atom is 0.190 e. The maximum atomic E-state index is 14.4. The third-order valence-corrected chi connectivity index (χ3v) is 4.03. The molecule has 23 heavy (non-hydrogen) atoms. The number of aromatic nitrogens is 1. The molecule has 2 rings (SSSR count). The topological polar surface area (TPSA) is 25.4 Å². The summed E-state index contributed by atoms with van der Waals surface area (Å²) in [5.74, 6) is -1.64. The van der Waals surface area contributed by atoms with Gasteiger partial charge in [-0.2, -0.15) is 0 Å². The van der Waals surface area contributed by atoms with Crippen molar-refractivity contribution in [1.82, 2.24) is 9.88 Å². The predicted octanol–water partition coefficient (Wildman–Crippen LogP) is 4.17. The van der Waals surface area contributed by atoms with E-state index in [1.54, 1.807) is 12.4 Å². The Balaban J connectivity index is 2.24. The number of hydrogen-bond donors (Lipinski definition) is 0. The quantitative estimate of drug-likeness (QED) is 0.765. The molecule has 5 heteroatoms. The lowest BCUT2D eigenvalue weighted by atomic mass is 10.1. The molecule has 3 nitrogen and oxygen atoms in total. The second-order valence-corrected chi connectivity index (χ2v) is 5.58. The van der Waals surface area contributed by atoms with Crippen molar-refractivity contribution >= 4 is 0 Å². The fraction of sp³-hybridized carbons (Fsp3) is 0.389. The van der Waals surface area contributed by atoms with Crippen molar-refractivity contribution < 1.29 is 13.5 Å². The molecule has 0 amide bonds. The number of methoxy groups -OCH3 is 1. The van der Waals surface area contributed by atoms with Gasteiger partial charge in [0.05, 0.1) is 7.11 Å². The summed E-state index contributed by atoms with van der Waals surface area (Å²) >= 11 is 0. The van der Waals surface area contributed by atoms with Gasteiger partial charge in [-0.05, 0) is 31.0 Å². The Bertz CT molecular complexity index is 634. The summed E-state index contributed by atoms with van der Waals surface area (Å²) in [7, 11) is 1.27. The minimum atomic E-state index is -0.684. The van der Waals surface area contributed by atoms with Gasteiger partial charge in [0, 0.05) is 37.1 Å².